The fourth-order valence-corrected chi connectivity index (χ4v) is 2.07. The van der Waals surface area contributed by atoms with E-state index < -0.39 is 56.0 Å². The van der Waals surface area contributed by atoms with Crippen LogP contribution in [0.4, 0.5) is 23.2 Å². The molecule has 5 nitrogen and oxygen atoms in total. The van der Waals surface area contributed by atoms with Gasteiger partial charge in [0.15, 0.2) is 0 Å². The van der Waals surface area contributed by atoms with Crippen LogP contribution in [0.15, 0.2) is 22.6 Å². The Morgan fingerprint density at radius 1 is 1.26 bits per heavy atom. The van der Waals surface area contributed by atoms with E-state index in [2.05, 4.69) is 4.40 Å². The summed E-state index contributed by atoms with van der Waals surface area (Å²) < 4.78 is 66.2. The number of rotatable bonds is 4. The van der Waals surface area contributed by atoms with E-state index >= 15 is 0 Å². The minimum atomic E-state index is -4.84. The van der Waals surface area contributed by atoms with E-state index in [0.29, 0.717) is 12.1 Å². The first-order chi connectivity index (χ1) is 10.4. The summed E-state index contributed by atoms with van der Waals surface area (Å²) in [5, 5.41) is 10.8. The minimum Gasteiger partial charge on any atom is -0.258 e. The van der Waals surface area contributed by atoms with Crippen molar-refractivity contribution in [3.63, 3.8) is 0 Å². The Morgan fingerprint density at radius 3 is 2.22 bits per heavy atom. The fourth-order valence-electron chi connectivity index (χ4n) is 1.44. The molecule has 1 rings (SSSR count). The highest BCUT2D eigenvalue weighted by Gasteiger charge is 2.33. The smallest absolute Gasteiger partial charge is 0.258 e. The highest BCUT2D eigenvalue weighted by molar-refractivity contribution is 7.85. The Labute approximate surface area is 132 Å². The summed E-state index contributed by atoms with van der Waals surface area (Å²) in [4.78, 5) is 9.75. The number of nitrogens with zero attached hydrogens (tertiary/aromatic N) is 2. The third-order valence-corrected chi connectivity index (χ3v) is 4.07. The average molecular weight is 354 g/mol. The van der Waals surface area contributed by atoms with Gasteiger partial charge in [-0.2, -0.15) is 17.6 Å². The molecule has 0 aliphatic rings. The zero-order valence-electron chi connectivity index (χ0n) is 12.5. The van der Waals surface area contributed by atoms with Gasteiger partial charge in [0.1, 0.15) is 17.7 Å². The maximum Gasteiger partial charge on any atom is 0.416 e. The number of hydrogen-bond acceptors (Lipinski definition) is 3. The molecule has 0 saturated heterocycles. The Hall–Kier alpha value is -1.84. The highest BCUT2D eigenvalue weighted by atomic mass is 32.2. The van der Waals surface area contributed by atoms with Crippen LogP contribution in [-0.2, 0) is 17.2 Å². The van der Waals surface area contributed by atoms with Gasteiger partial charge in [-0.1, -0.05) is 0 Å². The van der Waals surface area contributed by atoms with Crippen LogP contribution >= 0.6 is 0 Å². The normalized spacial score (nSPS) is 14.7. The number of nitro groups is 1. The average Bonchev–Trinajstić information content (AvgIpc) is 2.41. The lowest BCUT2D eigenvalue weighted by molar-refractivity contribution is -0.385. The van der Waals surface area contributed by atoms with E-state index in [0.717, 1.165) is 6.07 Å². The quantitative estimate of drug-likeness (QED) is 0.357. The SMILES string of the molecule is CC(C)(C)[S@@](=O)/N=C(\CF)c1cc([N+](=O)[O-])cc(C(F)(F)F)c1. The molecule has 0 saturated carbocycles. The van der Waals surface area contributed by atoms with Crippen molar-refractivity contribution in [1.29, 1.82) is 0 Å². The molecule has 128 valence electrons. The summed E-state index contributed by atoms with van der Waals surface area (Å²) >= 11 is 0. The molecule has 0 N–H and O–H groups in total. The molecule has 0 fully saturated rings. The van der Waals surface area contributed by atoms with Crippen molar-refractivity contribution in [2.45, 2.75) is 31.7 Å². The zero-order chi connectivity index (χ0) is 18.0. The Bertz CT molecular complexity index is 666. The minimum absolute atomic E-state index is 0.347. The number of alkyl halides is 4. The third kappa shape index (κ3) is 5.08. The number of hydrogen-bond donors (Lipinski definition) is 0. The number of halogens is 4. The first-order valence-corrected chi connectivity index (χ1v) is 7.39. The van der Waals surface area contributed by atoms with Crippen molar-refractivity contribution >= 4 is 22.4 Å². The van der Waals surface area contributed by atoms with Crippen LogP contribution in [0.1, 0.15) is 31.9 Å². The molecule has 10 heteroatoms. The van der Waals surface area contributed by atoms with Gasteiger partial charge >= 0.3 is 6.18 Å². The maximum absolute atomic E-state index is 13.1. The largest absolute Gasteiger partial charge is 0.416 e. The standard InChI is InChI=1S/C13H14F4N2O3S/c1-12(2,3)23(22)18-11(7-14)8-4-9(13(15,16)17)6-10(5-8)19(20)21/h4-6H,7H2,1-3H3/b18-11+/t23-/m1/s1. The predicted octanol–water partition coefficient (Wildman–Crippen LogP) is 3.83. The lowest BCUT2D eigenvalue weighted by Crippen LogP contribution is -2.22. The molecule has 0 heterocycles. The molecular formula is C13H14F4N2O3S. The molecular weight excluding hydrogens is 340 g/mol. The van der Waals surface area contributed by atoms with Crippen LogP contribution in [0.25, 0.3) is 0 Å². The van der Waals surface area contributed by atoms with E-state index in [1.54, 1.807) is 20.8 Å². The topological polar surface area (TPSA) is 72.6 Å². The summed E-state index contributed by atoms with van der Waals surface area (Å²) in [7, 11) is -1.92. The van der Waals surface area contributed by atoms with Crippen LogP contribution in [0.5, 0.6) is 0 Å². The lowest BCUT2D eigenvalue weighted by atomic mass is 10.1. The second-order valence-corrected chi connectivity index (χ2v) is 7.46. The molecule has 0 radical (unpaired) electrons. The summed E-state index contributed by atoms with van der Waals surface area (Å²) in [6.07, 6.45) is -4.84. The van der Waals surface area contributed by atoms with Gasteiger partial charge in [-0.3, -0.25) is 10.1 Å². The fraction of sp³-hybridized carbons (Fsp3) is 0.462. The molecule has 0 spiro atoms. The van der Waals surface area contributed by atoms with Crippen molar-refractivity contribution in [2.75, 3.05) is 6.67 Å². The number of non-ortho nitro benzene ring substituents is 1. The molecule has 0 aliphatic heterocycles. The first-order valence-electron chi connectivity index (χ1n) is 6.29. The van der Waals surface area contributed by atoms with Gasteiger partial charge in [0.2, 0.25) is 0 Å². The zero-order valence-corrected chi connectivity index (χ0v) is 13.3. The van der Waals surface area contributed by atoms with Crippen molar-refractivity contribution < 1.29 is 26.7 Å². The third-order valence-electron chi connectivity index (χ3n) is 2.63. The molecule has 1 atom stereocenters. The first kappa shape index (κ1) is 19.2. The van der Waals surface area contributed by atoms with Gasteiger partial charge in [0.05, 0.1) is 20.9 Å². The summed E-state index contributed by atoms with van der Waals surface area (Å²) in [5.41, 5.74) is -3.11. The Morgan fingerprint density at radius 2 is 1.83 bits per heavy atom. The monoisotopic (exact) mass is 354 g/mol. The van der Waals surface area contributed by atoms with E-state index in [1.807, 2.05) is 0 Å². The van der Waals surface area contributed by atoms with E-state index in [-0.39, 0.29) is 0 Å². The molecule has 0 aliphatic carbocycles. The van der Waals surface area contributed by atoms with Crippen LogP contribution in [0.2, 0.25) is 0 Å². The van der Waals surface area contributed by atoms with Gasteiger partial charge in [0, 0.05) is 17.7 Å². The molecule has 0 bridgehead atoms. The molecule has 0 aromatic heterocycles. The molecule has 23 heavy (non-hydrogen) atoms. The van der Waals surface area contributed by atoms with E-state index in [9.17, 15) is 31.9 Å². The predicted molar refractivity (Wildman–Crippen MR) is 78.5 cm³/mol. The van der Waals surface area contributed by atoms with Crippen molar-refractivity contribution in [3.05, 3.63) is 39.4 Å². The molecule has 1 aromatic carbocycles. The number of nitro benzene ring substituents is 1. The van der Waals surface area contributed by atoms with Crippen LogP contribution < -0.4 is 0 Å². The van der Waals surface area contributed by atoms with Crippen molar-refractivity contribution in [3.8, 4) is 0 Å². The van der Waals surface area contributed by atoms with E-state index in [4.69, 9.17) is 0 Å². The number of benzene rings is 1. The van der Waals surface area contributed by atoms with Crippen LogP contribution in [-0.4, -0.2) is 26.3 Å². The summed E-state index contributed by atoms with van der Waals surface area (Å²) in [6, 6.07) is 1.67. The highest BCUT2D eigenvalue weighted by Crippen LogP contribution is 2.33. The van der Waals surface area contributed by atoms with Crippen molar-refractivity contribution in [1.82, 2.24) is 0 Å². The van der Waals surface area contributed by atoms with Gasteiger partial charge < -0.3 is 0 Å². The summed E-state index contributed by atoms with van der Waals surface area (Å²) in [6.45, 7) is 3.35. The van der Waals surface area contributed by atoms with Crippen LogP contribution in [0.3, 0.4) is 0 Å². The van der Waals surface area contributed by atoms with Gasteiger partial charge in [-0.05, 0) is 26.8 Å². The van der Waals surface area contributed by atoms with Crippen molar-refractivity contribution in [2.24, 2.45) is 4.40 Å². The second-order valence-electron chi connectivity index (χ2n) is 5.56. The van der Waals surface area contributed by atoms with Crippen LogP contribution in [0, 0.1) is 10.1 Å². The summed E-state index contributed by atoms with van der Waals surface area (Å²) in [5.74, 6) is 0. The molecule has 0 unspecified atom stereocenters. The second kappa shape index (κ2) is 6.73. The van der Waals surface area contributed by atoms with Gasteiger partial charge in [-0.25, -0.2) is 8.60 Å². The van der Waals surface area contributed by atoms with Gasteiger partial charge in [-0.15, -0.1) is 0 Å². The molecule has 0 amide bonds. The maximum atomic E-state index is 13.1. The molecule has 1 aromatic rings. The Kier molecular flexibility index (Phi) is 5.62. The van der Waals surface area contributed by atoms with E-state index in [1.165, 1.54) is 0 Å². The van der Waals surface area contributed by atoms with Gasteiger partial charge in [0.25, 0.3) is 5.69 Å². The lowest BCUT2D eigenvalue weighted by Gasteiger charge is -2.15. The Balaban J connectivity index is 3.50.